The van der Waals surface area contributed by atoms with Crippen LogP contribution in [0.4, 0.5) is 5.82 Å². The molecule has 0 atom stereocenters. The Morgan fingerprint density at radius 1 is 1.54 bits per heavy atom. The van der Waals surface area contributed by atoms with Crippen molar-refractivity contribution in [2.24, 2.45) is 0 Å². The predicted molar refractivity (Wildman–Crippen MR) is 57.3 cm³/mol. The summed E-state index contributed by atoms with van der Waals surface area (Å²) in [6.07, 6.45) is 1.38. The molecular formula is C6H6Cl2N4S. The van der Waals surface area contributed by atoms with E-state index < -0.39 is 0 Å². The quantitative estimate of drug-likeness (QED) is 0.728. The number of anilines is 1. The Hall–Kier alpha value is -0.650. The summed E-state index contributed by atoms with van der Waals surface area (Å²) in [6, 6.07) is 0. The fourth-order valence-corrected chi connectivity index (χ4v) is 1.06. The molecule has 13 heavy (non-hydrogen) atoms. The minimum absolute atomic E-state index is 0.185. The van der Waals surface area contributed by atoms with Gasteiger partial charge in [0, 0.05) is 7.05 Å². The number of halogens is 2. The minimum atomic E-state index is 0.185. The van der Waals surface area contributed by atoms with Crippen LogP contribution in [0.25, 0.3) is 0 Å². The van der Waals surface area contributed by atoms with E-state index in [2.05, 4.69) is 20.6 Å². The van der Waals surface area contributed by atoms with Gasteiger partial charge in [0.05, 0.1) is 6.20 Å². The number of nitrogens with zero attached hydrogens (tertiary/aromatic N) is 2. The predicted octanol–water partition coefficient (Wildman–Crippen LogP) is 1.70. The van der Waals surface area contributed by atoms with E-state index in [1.165, 1.54) is 6.20 Å². The second kappa shape index (κ2) is 4.55. The van der Waals surface area contributed by atoms with Crippen molar-refractivity contribution in [1.82, 2.24) is 15.3 Å². The Kier molecular flexibility index (Phi) is 3.65. The van der Waals surface area contributed by atoms with Crippen LogP contribution in [0.1, 0.15) is 0 Å². The molecule has 2 N–H and O–H groups in total. The molecule has 0 amide bonds. The highest BCUT2D eigenvalue weighted by Crippen LogP contribution is 2.17. The van der Waals surface area contributed by atoms with Gasteiger partial charge in [0.2, 0.25) is 0 Å². The lowest BCUT2D eigenvalue weighted by atomic mass is 10.6. The van der Waals surface area contributed by atoms with E-state index in [0.717, 1.165) is 0 Å². The molecule has 1 rings (SSSR count). The summed E-state index contributed by atoms with van der Waals surface area (Å²) < 4.78 is 0. The highest BCUT2D eigenvalue weighted by Gasteiger charge is 2.04. The van der Waals surface area contributed by atoms with E-state index in [4.69, 9.17) is 35.4 Å². The van der Waals surface area contributed by atoms with Gasteiger partial charge < -0.3 is 10.6 Å². The summed E-state index contributed by atoms with van der Waals surface area (Å²) in [5, 5.41) is 6.30. The maximum atomic E-state index is 5.72. The van der Waals surface area contributed by atoms with Gasteiger partial charge in [0.15, 0.2) is 16.1 Å². The molecule has 4 nitrogen and oxygen atoms in total. The monoisotopic (exact) mass is 236 g/mol. The van der Waals surface area contributed by atoms with Crippen LogP contribution in [0.5, 0.6) is 0 Å². The lowest BCUT2D eigenvalue weighted by molar-refractivity contribution is 1.16. The molecule has 1 aromatic rings. The van der Waals surface area contributed by atoms with Gasteiger partial charge in [-0.1, -0.05) is 23.2 Å². The maximum Gasteiger partial charge on any atom is 0.173 e. The minimum Gasteiger partial charge on any atom is -0.365 e. The summed E-state index contributed by atoms with van der Waals surface area (Å²) in [6.45, 7) is 0. The van der Waals surface area contributed by atoms with Crippen LogP contribution in [-0.4, -0.2) is 22.1 Å². The van der Waals surface area contributed by atoms with Crippen molar-refractivity contribution in [3.63, 3.8) is 0 Å². The number of rotatable bonds is 1. The second-order valence-electron chi connectivity index (χ2n) is 2.04. The average molecular weight is 237 g/mol. The topological polar surface area (TPSA) is 49.8 Å². The summed E-state index contributed by atoms with van der Waals surface area (Å²) in [5.41, 5.74) is 0. The van der Waals surface area contributed by atoms with Crippen molar-refractivity contribution in [1.29, 1.82) is 0 Å². The highest BCUT2D eigenvalue weighted by molar-refractivity contribution is 7.80. The normalized spacial score (nSPS) is 9.46. The molecule has 0 spiro atoms. The molecule has 0 bridgehead atoms. The van der Waals surface area contributed by atoms with Crippen LogP contribution in [0, 0.1) is 0 Å². The third kappa shape index (κ3) is 2.95. The van der Waals surface area contributed by atoms with Gasteiger partial charge >= 0.3 is 0 Å². The number of hydrogen-bond donors (Lipinski definition) is 2. The molecule has 0 radical (unpaired) electrons. The van der Waals surface area contributed by atoms with Gasteiger partial charge in [-0.3, -0.25) is 0 Å². The molecule has 0 saturated carbocycles. The van der Waals surface area contributed by atoms with Gasteiger partial charge in [-0.05, 0) is 12.2 Å². The molecule has 0 aliphatic heterocycles. The first kappa shape index (κ1) is 10.4. The Labute approximate surface area is 90.7 Å². The molecule has 1 heterocycles. The fraction of sp³-hybridized carbons (Fsp3) is 0.167. The van der Waals surface area contributed by atoms with Gasteiger partial charge in [0.1, 0.15) is 5.15 Å². The van der Waals surface area contributed by atoms with Crippen molar-refractivity contribution in [2.45, 2.75) is 0 Å². The van der Waals surface area contributed by atoms with Crippen molar-refractivity contribution in [3.05, 3.63) is 16.5 Å². The molecule has 0 aliphatic carbocycles. The molecule has 7 heteroatoms. The van der Waals surface area contributed by atoms with E-state index in [1.54, 1.807) is 7.05 Å². The fourth-order valence-electron chi connectivity index (χ4n) is 0.601. The summed E-state index contributed by atoms with van der Waals surface area (Å²) in [7, 11) is 1.69. The molecule has 0 aromatic carbocycles. The lowest BCUT2D eigenvalue weighted by Crippen LogP contribution is -2.24. The molecule has 0 saturated heterocycles. The van der Waals surface area contributed by atoms with Crippen LogP contribution in [0.2, 0.25) is 10.3 Å². The largest absolute Gasteiger partial charge is 0.365 e. The molecule has 0 unspecified atom stereocenters. The number of nitrogens with one attached hydrogen (secondary N) is 2. The molecule has 0 fully saturated rings. The summed E-state index contributed by atoms with van der Waals surface area (Å²) >= 11 is 16.1. The molecule has 70 valence electrons. The van der Waals surface area contributed by atoms with Gasteiger partial charge in [-0.25, -0.2) is 9.97 Å². The third-order valence-electron chi connectivity index (χ3n) is 1.16. The van der Waals surface area contributed by atoms with Gasteiger partial charge in [-0.2, -0.15) is 0 Å². The van der Waals surface area contributed by atoms with E-state index in [9.17, 15) is 0 Å². The van der Waals surface area contributed by atoms with E-state index in [1.807, 2.05) is 0 Å². The number of thiocarbonyl (C=S) groups is 1. The van der Waals surface area contributed by atoms with Crippen LogP contribution in [-0.2, 0) is 0 Å². The molecular weight excluding hydrogens is 231 g/mol. The van der Waals surface area contributed by atoms with Gasteiger partial charge in [0.25, 0.3) is 0 Å². The van der Waals surface area contributed by atoms with Crippen molar-refractivity contribution >= 4 is 46.4 Å². The smallest absolute Gasteiger partial charge is 0.173 e. The van der Waals surface area contributed by atoms with Crippen molar-refractivity contribution in [2.75, 3.05) is 12.4 Å². The average Bonchev–Trinajstić information content (AvgIpc) is 2.09. The van der Waals surface area contributed by atoms with E-state index in [0.29, 0.717) is 10.9 Å². The number of aromatic nitrogens is 2. The SMILES string of the molecule is CNC(=S)Nc1ncc(Cl)nc1Cl. The first-order valence-electron chi connectivity index (χ1n) is 3.30. The Morgan fingerprint density at radius 2 is 2.23 bits per heavy atom. The second-order valence-corrected chi connectivity index (χ2v) is 3.19. The van der Waals surface area contributed by atoms with Crippen LogP contribution in [0.15, 0.2) is 6.20 Å². The molecule has 1 aromatic heterocycles. The van der Waals surface area contributed by atoms with Crippen LogP contribution in [0.3, 0.4) is 0 Å². The Bertz CT molecular complexity index is 330. The maximum absolute atomic E-state index is 5.72. The van der Waals surface area contributed by atoms with Gasteiger partial charge in [-0.15, -0.1) is 0 Å². The van der Waals surface area contributed by atoms with E-state index >= 15 is 0 Å². The highest BCUT2D eigenvalue weighted by atomic mass is 35.5. The van der Waals surface area contributed by atoms with E-state index in [-0.39, 0.29) is 10.3 Å². The Morgan fingerprint density at radius 3 is 2.77 bits per heavy atom. The van der Waals surface area contributed by atoms with Crippen molar-refractivity contribution in [3.8, 4) is 0 Å². The van der Waals surface area contributed by atoms with Crippen molar-refractivity contribution < 1.29 is 0 Å². The third-order valence-corrected chi connectivity index (χ3v) is 1.91. The summed E-state index contributed by atoms with van der Waals surface area (Å²) in [4.78, 5) is 7.68. The zero-order valence-corrected chi connectivity index (χ0v) is 8.96. The zero-order valence-electron chi connectivity index (χ0n) is 6.64. The molecule has 0 aliphatic rings. The standard InChI is InChI=1S/C6H6Cl2N4S/c1-9-6(13)12-5-4(8)11-3(7)2-10-5/h2H,1H3,(H2,9,10,12,13). The summed E-state index contributed by atoms with van der Waals surface area (Å²) in [5.74, 6) is 0.380. The van der Waals surface area contributed by atoms with Crippen LogP contribution >= 0.6 is 35.4 Å². The first-order valence-corrected chi connectivity index (χ1v) is 4.46. The Balaban J connectivity index is 2.83. The zero-order chi connectivity index (χ0) is 9.84. The lowest BCUT2D eigenvalue weighted by Gasteiger charge is -2.06. The number of hydrogen-bond acceptors (Lipinski definition) is 3. The van der Waals surface area contributed by atoms with Crippen LogP contribution < -0.4 is 10.6 Å². The first-order chi connectivity index (χ1) is 6.13.